The molecule has 2 fully saturated rings. The number of allylic oxidation sites excluding steroid dienone is 1. The summed E-state index contributed by atoms with van der Waals surface area (Å²) in [4.78, 5) is 39.7. The summed E-state index contributed by atoms with van der Waals surface area (Å²) < 4.78 is 3.26. The molecule has 0 atom stereocenters. The molecule has 0 radical (unpaired) electrons. The second-order valence-electron chi connectivity index (χ2n) is 11.5. The van der Waals surface area contributed by atoms with Gasteiger partial charge in [-0.1, -0.05) is 12.1 Å². The molecule has 0 unspecified atom stereocenters. The van der Waals surface area contributed by atoms with Crippen LogP contribution < -0.4 is 21.1 Å². The van der Waals surface area contributed by atoms with E-state index in [9.17, 15) is 9.59 Å². The molecular weight excluding hydrogens is 528 g/mol. The maximum Gasteiger partial charge on any atom is 0.278 e. The summed E-state index contributed by atoms with van der Waals surface area (Å²) in [5.74, 6) is 0.168. The van der Waals surface area contributed by atoms with E-state index in [1.165, 1.54) is 44.5 Å². The highest BCUT2D eigenvalue weighted by Crippen LogP contribution is 2.42. The van der Waals surface area contributed by atoms with Crippen LogP contribution in [-0.4, -0.2) is 70.4 Å². The lowest BCUT2D eigenvalue weighted by Gasteiger charge is -2.46. The Morgan fingerprint density at radius 1 is 1.02 bits per heavy atom. The van der Waals surface area contributed by atoms with Crippen molar-refractivity contribution in [2.24, 2.45) is 5.41 Å². The Hall–Kier alpha value is -4.44. The number of hydrogen-bond acceptors (Lipinski definition) is 7. The lowest BCUT2D eigenvalue weighted by Crippen LogP contribution is -2.46. The zero-order chi connectivity index (χ0) is 29.3. The topological polar surface area (TPSA) is 100 Å². The van der Waals surface area contributed by atoms with Gasteiger partial charge in [0, 0.05) is 43.3 Å². The monoisotopic (exact) mass is 566 g/mol. The molecule has 6 rings (SSSR count). The minimum Gasteiger partial charge on any atom is -0.371 e. The number of benzene rings is 2. The van der Waals surface area contributed by atoms with Gasteiger partial charge in [0.2, 0.25) is 5.95 Å². The number of fused-ring (bicyclic) bond motifs is 1. The number of aromatic nitrogens is 4. The second kappa shape index (κ2) is 11.4. The number of carbonyl (C=O) groups excluding carboxylic acids is 1. The number of hydrogen-bond donors (Lipinski definition) is 2. The van der Waals surface area contributed by atoms with Crippen LogP contribution in [0.1, 0.15) is 36.0 Å². The van der Waals surface area contributed by atoms with Gasteiger partial charge in [-0.3, -0.25) is 9.59 Å². The maximum atomic E-state index is 13.3. The van der Waals surface area contributed by atoms with Crippen LogP contribution in [0.3, 0.4) is 0 Å². The average molecular weight is 567 g/mol. The summed E-state index contributed by atoms with van der Waals surface area (Å²) in [5.41, 5.74) is 3.96. The van der Waals surface area contributed by atoms with Crippen LogP contribution >= 0.6 is 0 Å². The first-order chi connectivity index (χ1) is 20.4. The third-order valence-corrected chi connectivity index (χ3v) is 8.92. The first-order valence-electron chi connectivity index (χ1n) is 14.6. The molecule has 4 heterocycles. The van der Waals surface area contributed by atoms with Gasteiger partial charge in [0.25, 0.3) is 11.5 Å². The number of piperidine rings is 2. The molecule has 2 aliphatic rings. The van der Waals surface area contributed by atoms with Crippen molar-refractivity contribution in [2.75, 3.05) is 50.5 Å². The third-order valence-electron chi connectivity index (χ3n) is 8.92. The Kier molecular flexibility index (Phi) is 7.55. The van der Waals surface area contributed by atoms with Crippen molar-refractivity contribution in [1.29, 1.82) is 0 Å². The van der Waals surface area contributed by atoms with Crippen molar-refractivity contribution in [3.63, 3.8) is 0 Å². The fourth-order valence-corrected chi connectivity index (χ4v) is 6.28. The molecule has 4 aromatic rings. The zero-order valence-electron chi connectivity index (χ0n) is 24.3. The summed E-state index contributed by atoms with van der Waals surface area (Å²) in [5, 5.41) is 6.33. The molecule has 2 N–H and O–H groups in total. The Balaban J connectivity index is 1.23. The first-order valence-corrected chi connectivity index (χ1v) is 14.6. The molecule has 0 bridgehead atoms. The highest BCUT2D eigenvalue weighted by molar-refractivity contribution is 5.94. The van der Waals surface area contributed by atoms with Gasteiger partial charge >= 0.3 is 0 Å². The second-order valence-corrected chi connectivity index (χ2v) is 11.5. The van der Waals surface area contributed by atoms with E-state index in [4.69, 9.17) is 4.98 Å². The molecule has 2 aromatic heterocycles. The van der Waals surface area contributed by atoms with Gasteiger partial charge in [-0.25, -0.2) is 14.3 Å². The molecule has 0 saturated carbocycles. The Bertz CT molecular complexity index is 1650. The summed E-state index contributed by atoms with van der Waals surface area (Å²) in [6.07, 6.45) is 8.35. The Morgan fingerprint density at radius 3 is 2.43 bits per heavy atom. The van der Waals surface area contributed by atoms with Gasteiger partial charge < -0.3 is 20.4 Å². The molecule has 2 aliphatic heterocycles. The fourth-order valence-electron chi connectivity index (χ4n) is 6.28. The van der Waals surface area contributed by atoms with E-state index in [0.717, 1.165) is 18.8 Å². The minimum atomic E-state index is -0.227. The van der Waals surface area contributed by atoms with Crippen LogP contribution in [0.15, 0.2) is 72.2 Å². The minimum absolute atomic E-state index is 0.211. The Morgan fingerprint density at radius 2 is 1.74 bits per heavy atom. The molecule has 1 amide bonds. The lowest BCUT2D eigenvalue weighted by atomic mass is 9.71. The van der Waals surface area contributed by atoms with Crippen LogP contribution in [0, 0.1) is 5.41 Å². The number of amides is 1. The molecule has 2 saturated heterocycles. The van der Waals surface area contributed by atoms with Crippen LogP contribution in [0.5, 0.6) is 0 Å². The van der Waals surface area contributed by atoms with Crippen LogP contribution in [-0.2, 0) is 6.54 Å². The summed E-state index contributed by atoms with van der Waals surface area (Å²) in [6.45, 7) is 8.70. The fraction of sp³-hybridized carbons (Fsp3) is 0.375. The van der Waals surface area contributed by atoms with E-state index < -0.39 is 0 Å². The molecule has 10 nitrogen and oxygen atoms in total. The average Bonchev–Trinajstić information content (AvgIpc) is 3.29. The molecule has 1 spiro atoms. The van der Waals surface area contributed by atoms with Crippen molar-refractivity contribution in [2.45, 2.75) is 32.2 Å². The Labute approximate surface area is 245 Å². The van der Waals surface area contributed by atoms with Gasteiger partial charge in [0.05, 0.1) is 12.2 Å². The molecular formula is C32H38N8O2. The van der Waals surface area contributed by atoms with E-state index in [-0.39, 0.29) is 18.0 Å². The normalized spacial score (nSPS) is 17.0. The number of anilines is 3. The van der Waals surface area contributed by atoms with Crippen molar-refractivity contribution < 1.29 is 4.79 Å². The number of likely N-dealkylation sites (tertiary alicyclic amines) is 1. The van der Waals surface area contributed by atoms with Gasteiger partial charge in [0.15, 0.2) is 5.65 Å². The van der Waals surface area contributed by atoms with E-state index in [2.05, 4.69) is 51.2 Å². The van der Waals surface area contributed by atoms with Crippen molar-refractivity contribution in [1.82, 2.24) is 29.5 Å². The van der Waals surface area contributed by atoms with Crippen LogP contribution in [0.25, 0.3) is 16.7 Å². The molecule has 2 aromatic carbocycles. The van der Waals surface area contributed by atoms with E-state index in [0.29, 0.717) is 33.6 Å². The van der Waals surface area contributed by atoms with Crippen molar-refractivity contribution >= 4 is 34.3 Å². The number of nitrogens with one attached hydrogen (secondary N) is 2. The number of rotatable bonds is 7. The van der Waals surface area contributed by atoms with Gasteiger partial charge in [0.1, 0.15) is 5.39 Å². The smallest absolute Gasteiger partial charge is 0.278 e. The molecule has 0 aliphatic carbocycles. The van der Waals surface area contributed by atoms with Gasteiger partial charge in [-0.15, -0.1) is 6.58 Å². The largest absolute Gasteiger partial charge is 0.371 e. The molecule has 10 heteroatoms. The highest BCUT2D eigenvalue weighted by Gasteiger charge is 2.36. The first kappa shape index (κ1) is 27.7. The zero-order valence-corrected chi connectivity index (χ0v) is 24.3. The van der Waals surface area contributed by atoms with Crippen LogP contribution in [0.4, 0.5) is 17.3 Å². The van der Waals surface area contributed by atoms with Gasteiger partial charge in [-0.05, 0) is 93.7 Å². The van der Waals surface area contributed by atoms with Crippen molar-refractivity contribution in [3.05, 3.63) is 83.3 Å². The molecule has 42 heavy (non-hydrogen) atoms. The van der Waals surface area contributed by atoms with Gasteiger partial charge in [-0.2, -0.15) is 4.98 Å². The third kappa shape index (κ3) is 5.30. The predicted octanol–water partition coefficient (Wildman–Crippen LogP) is 4.18. The standard InChI is InChI=1S/C32H38N8O2/c1-4-16-39-30(42)27-22-34-31(36-28(27)40(39)26-7-5-6-23(21-26)29(41)33-2)35-24-8-10-25(11-9-24)38-19-14-32(15-20-38)12-17-37(3)18-13-32/h4-11,21-22H,1,12-20H2,2-3H3,(H,33,41)(H,34,35,36). The van der Waals surface area contributed by atoms with E-state index in [1.54, 1.807) is 46.9 Å². The van der Waals surface area contributed by atoms with E-state index >= 15 is 0 Å². The quantitative estimate of drug-likeness (QED) is 0.324. The number of carbonyl (C=O) groups is 1. The van der Waals surface area contributed by atoms with E-state index in [1.807, 2.05) is 18.2 Å². The molecule has 218 valence electrons. The summed E-state index contributed by atoms with van der Waals surface area (Å²) in [7, 11) is 3.81. The SMILES string of the molecule is C=CCn1c(=O)c2cnc(Nc3ccc(N4CCC5(CCN(C)CC5)CC4)cc3)nc2n1-c1cccc(C(=O)NC)c1. The highest BCUT2D eigenvalue weighted by atomic mass is 16.1. The van der Waals surface area contributed by atoms with Crippen molar-refractivity contribution in [3.8, 4) is 5.69 Å². The summed E-state index contributed by atoms with van der Waals surface area (Å²) in [6, 6.07) is 15.5. The predicted molar refractivity (Wildman–Crippen MR) is 167 cm³/mol. The number of nitrogens with zero attached hydrogens (tertiary/aromatic N) is 6. The maximum absolute atomic E-state index is 13.3. The van der Waals surface area contributed by atoms with Crippen LogP contribution in [0.2, 0.25) is 0 Å². The summed E-state index contributed by atoms with van der Waals surface area (Å²) >= 11 is 0. The lowest BCUT2D eigenvalue weighted by molar-refractivity contribution is 0.0945.